The Morgan fingerprint density at radius 3 is 2.54 bits per heavy atom. The third-order valence-corrected chi connectivity index (χ3v) is 4.88. The topological polar surface area (TPSA) is 58.6 Å². The highest BCUT2D eigenvalue weighted by Gasteiger charge is 2.30. The minimum absolute atomic E-state index is 0.0124. The Morgan fingerprint density at radius 2 is 1.79 bits per heavy atom. The van der Waals surface area contributed by atoms with E-state index in [1.54, 1.807) is 4.90 Å². The van der Waals surface area contributed by atoms with Gasteiger partial charge in [-0.3, -0.25) is 14.5 Å². The van der Waals surface area contributed by atoms with Gasteiger partial charge in [-0.1, -0.05) is 42.0 Å². The van der Waals surface area contributed by atoms with Gasteiger partial charge in [0.15, 0.2) is 0 Å². The van der Waals surface area contributed by atoms with E-state index in [9.17, 15) is 9.59 Å². The first-order valence-electron chi connectivity index (χ1n) is 9.35. The molecule has 0 radical (unpaired) electrons. The van der Waals surface area contributed by atoms with E-state index in [2.05, 4.69) is 5.32 Å². The third-order valence-electron chi connectivity index (χ3n) is 4.88. The Hall–Kier alpha value is -3.34. The van der Waals surface area contributed by atoms with E-state index in [-0.39, 0.29) is 24.4 Å². The molecule has 0 aliphatic carbocycles. The standard InChI is InChI=1S/C23H22N2O3/c1-15-9-11-18(12-10-15)28-14-16(2)24-21(26)13-25-20-8-4-6-17-5-3-7-19(22(17)20)23(25)27/h3-12,16H,13-14H2,1-2H3,(H,24,26). The molecule has 5 nitrogen and oxygen atoms in total. The molecule has 4 rings (SSSR count). The second kappa shape index (κ2) is 7.35. The van der Waals surface area contributed by atoms with Gasteiger partial charge in [0.25, 0.3) is 5.91 Å². The van der Waals surface area contributed by atoms with Crippen LogP contribution in [0.2, 0.25) is 0 Å². The average Bonchev–Trinajstić information content (AvgIpc) is 2.96. The van der Waals surface area contributed by atoms with E-state index in [4.69, 9.17) is 4.74 Å². The molecule has 0 saturated carbocycles. The van der Waals surface area contributed by atoms with Gasteiger partial charge in [0.1, 0.15) is 18.9 Å². The number of amides is 2. The Bertz CT molecular complexity index is 1040. The smallest absolute Gasteiger partial charge is 0.259 e. The molecule has 142 valence electrons. The zero-order valence-electron chi connectivity index (χ0n) is 15.9. The molecule has 0 bridgehead atoms. The zero-order valence-corrected chi connectivity index (χ0v) is 15.9. The molecule has 1 N–H and O–H groups in total. The molecule has 1 heterocycles. The molecule has 3 aromatic rings. The van der Waals surface area contributed by atoms with E-state index in [0.29, 0.717) is 12.2 Å². The van der Waals surface area contributed by atoms with Crippen molar-refractivity contribution in [3.05, 3.63) is 71.8 Å². The molecule has 0 fully saturated rings. The number of carbonyl (C=O) groups is 2. The van der Waals surface area contributed by atoms with E-state index >= 15 is 0 Å². The summed E-state index contributed by atoms with van der Waals surface area (Å²) in [5.74, 6) is 0.423. The Balaban J connectivity index is 1.38. The number of hydrogen-bond acceptors (Lipinski definition) is 3. The van der Waals surface area contributed by atoms with E-state index < -0.39 is 0 Å². The van der Waals surface area contributed by atoms with Gasteiger partial charge in [-0.25, -0.2) is 0 Å². The maximum absolute atomic E-state index is 12.8. The fraction of sp³-hybridized carbons (Fsp3) is 0.217. The number of benzene rings is 3. The minimum atomic E-state index is -0.210. The molecular weight excluding hydrogens is 352 g/mol. The SMILES string of the molecule is Cc1ccc(OCC(C)NC(=O)CN2C(=O)c3cccc4cccc2c34)cc1. The molecule has 28 heavy (non-hydrogen) atoms. The molecule has 0 saturated heterocycles. The van der Waals surface area contributed by atoms with Crippen LogP contribution in [0.1, 0.15) is 22.8 Å². The zero-order chi connectivity index (χ0) is 19.7. The fourth-order valence-corrected chi connectivity index (χ4v) is 3.50. The molecule has 0 aromatic heterocycles. The fourth-order valence-electron chi connectivity index (χ4n) is 3.50. The van der Waals surface area contributed by atoms with Gasteiger partial charge in [0.2, 0.25) is 5.91 Å². The van der Waals surface area contributed by atoms with Gasteiger partial charge in [0, 0.05) is 10.9 Å². The van der Waals surface area contributed by atoms with Crippen LogP contribution in [-0.4, -0.2) is 31.0 Å². The van der Waals surface area contributed by atoms with Gasteiger partial charge in [-0.05, 0) is 43.5 Å². The number of carbonyl (C=O) groups excluding carboxylic acids is 2. The normalized spacial score (nSPS) is 13.6. The Kier molecular flexibility index (Phi) is 4.74. The lowest BCUT2D eigenvalue weighted by Crippen LogP contribution is -2.44. The monoisotopic (exact) mass is 374 g/mol. The molecule has 1 atom stereocenters. The number of nitrogens with one attached hydrogen (secondary N) is 1. The number of nitrogens with zero attached hydrogens (tertiary/aromatic N) is 1. The molecular formula is C23H22N2O3. The maximum atomic E-state index is 12.8. The summed E-state index contributed by atoms with van der Waals surface area (Å²) in [5, 5.41) is 4.83. The van der Waals surface area contributed by atoms with Crippen LogP contribution >= 0.6 is 0 Å². The first-order valence-corrected chi connectivity index (χ1v) is 9.35. The van der Waals surface area contributed by atoms with Crippen LogP contribution in [0.5, 0.6) is 5.75 Å². The van der Waals surface area contributed by atoms with Crippen molar-refractivity contribution in [2.24, 2.45) is 0 Å². The highest BCUT2D eigenvalue weighted by Crippen LogP contribution is 2.36. The lowest BCUT2D eigenvalue weighted by atomic mass is 10.1. The molecule has 2 amide bonds. The van der Waals surface area contributed by atoms with Crippen molar-refractivity contribution < 1.29 is 14.3 Å². The van der Waals surface area contributed by atoms with Crippen LogP contribution in [0.25, 0.3) is 10.8 Å². The summed E-state index contributed by atoms with van der Waals surface area (Å²) in [6, 6.07) is 19.0. The molecule has 0 spiro atoms. The summed E-state index contributed by atoms with van der Waals surface area (Å²) in [6.45, 7) is 4.25. The van der Waals surface area contributed by atoms with Crippen molar-refractivity contribution in [1.29, 1.82) is 0 Å². The summed E-state index contributed by atoms with van der Waals surface area (Å²) in [5.41, 5.74) is 2.61. The maximum Gasteiger partial charge on any atom is 0.259 e. The van der Waals surface area contributed by atoms with Crippen molar-refractivity contribution in [2.75, 3.05) is 18.1 Å². The first kappa shape index (κ1) is 18.0. The van der Waals surface area contributed by atoms with Crippen LogP contribution in [0, 0.1) is 6.92 Å². The van der Waals surface area contributed by atoms with E-state index in [0.717, 1.165) is 22.2 Å². The van der Waals surface area contributed by atoms with E-state index in [1.165, 1.54) is 5.56 Å². The third kappa shape index (κ3) is 3.43. The molecule has 1 aliphatic rings. The number of hydrogen-bond donors (Lipinski definition) is 1. The summed E-state index contributed by atoms with van der Waals surface area (Å²) >= 11 is 0. The predicted octanol–water partition coefficient (Wildman–Crippen LogP) is 3.69. The molecule has 5 heteroatoms. The number of rotatable bonds is 6. The van der Waals surface area contributed by atoms with Gasteiger partial charge >= 0.3 is 0 Å². The molecule has 1 aliphatic heterocycles. The summed E-state index contributed by atoms with van der Waals surface area (Å²) < 4.78 is 5.72. The van der Waals surface area contributed by atoms with Gasteiger partial charge in [-0.15, -0.1) is 0 Å². The average molecular weight is 374 g/mol. The highest BCUT2D eigenvalue weighted by atomic mass is 16.5. The minimum Gasteiger partial charge on any atom is -0.491 e. The quantitative estimate of drug-likeness (QED) is 0.716. The number of ether oxygens (including phenoxy) is 1. The van der Waals surface area contributed by atoms with Crippen LogP contribution in [0.4, 0.5) is 5.69 Å². The Morgan fingerprint density at radius 1 is 1.07 bits per heavy atom. The number of aryl methyl sites for hydroxylation is 1. The summed E-state index contributed by atoms with van der Waals surface area (Å²) in [4.78, 5) is 26.8. The predicted molar refractivity (Wildman–Crippen MR) is 110 cm³/mol. The van der Waals surface area contributed by atoms with Crippen molar-refractivity contribution >= 4 is 28.3 Å². The highest BCUT2D eigenvalue weighted by molar-refractivity contribution is 6.26. The molecule has 1 unspecified atom stereocenters. The summed E-state index contributed by atoms with van der Waals surface area (Å²) in [6.07, 6.45) is 0. The van der Waals surface area contributed by atoms with Crippen LogP contribution in [-0.2, 0) is 4.79 Å². The van der Waals surface area contributed by atoms with Gasteiger partial charge < -0.3 is 10.1 Å². The number of anilines is 1. The Labute approximate surface area is 163 Å². The van der Waals surface area contributed by atoms with Crippen LogP contribution in [0.15, 0.2) is 60.7 Å². The van der Waals surface area contributed by atoms with Gasteiger partial charge in [-0.2, -0.15) is 0 Å². The van der Waals surface area contributed by atoms with Crippen molar-refractivity contribution in [3.63, 3.8) is 0 Å². The van der Waals surface area contributed by atoms with Gasteiger partial charge in [0.05, 0.1) is 11.7 Å². The van der Waals surface area contributed by atoms with Crippen LogP contribution in [0.3, 0.4) is 0 Å². The largest absolute Gasteiger partial charge is 0.491 e. The second-order valence-electron chi connectivity index (χ2n) is 7.16. The molecule has 3 aromatic carbocycles. The van der Waals surface area contributed by atoms with E-state index in [1.807, 2.05) is 74.5 Å². The van der Waals surface area contributed by atoms with Crippen molar-refractivity contribution in [1.82, 2.24) is 5.32 Å². The summed E-state index contributed by atoms with van der Waals surface area (Å²) in [7, 11) is 0. The van der Waals surface area contributed by atoms with Crippen LogP contribution < -0.4 is 15.0 Å². The lowest BCUT2D eigenvalue weighted by molar-refractivity contribution is -0.120. The second-order valence-corrected chi connectivity index (χ2v) is 7.16. The first-order chi connectivity index (χ1) is 13.5. The van der Waals surface area contributed by atoms with Crippen molar-refractivity contribution in [2.45, 2.75) is 19.9 Å². The van der Waals surface area contributed by atoms with Crippen molar-refractivity contribution in [3.8, 4) is 5.75 Å². The lowest BCUT2D eigenvalue weighted by Gasteiger charge is -2.20.